The molecule has 11 heavy (non-hydrogen) atoms. The van der Waals surface area contributed by atoms with Gasteiger partial charge in [-0.15, -0.1) is 0 Å². The van der Waals surface area contributed by atoms with Crippen LogP contribution in [-0.2, 0) is 10.8 Å². The Morgan fingerprint density at radius 2 is 2.00 bits per heavy atom. The van der Waals surface area contributed by atoms with Gasteiger partial charge in [-0.05, 0) is 19.1 Å². The molecule has 0 saturated carbocycles. The summed E-state index contributed by atoms with van der Waals surface area (Å²) in [5.41, 5.74) is 0. The lowest BCUT2D eigenvalue weighted by Gasteiger charge is -2.10. The van der Waals surface area contributed by atoms with E-state index in [-0.39, 0.29) is 0 Å². The van der Waals surface area contributed by atoms with Gasteiger partial charge in [-0.25, -0.2) is 0 Å². The van der Waals surface area contributed by atoms with Crippen molar-refractivity contribution in [1.29, 1.82) is 0 Å². The summed E-state index contributed by atoms with van der Waals surface area (Å²) in [6.45, 7) is 2.07. The molecule has 62 valence electrons. The summed E-state index contributed by atoms with van der Waals surface area (Å²) < 4.78 is 12.9. The van der Waals surface area contributed by atoms with Crippen molar-refractivity contribution in [3.63, 3.8) is 0 Å². The summed E-state index contributed by atoms with van der Waals surface area (Å²) in [4.78, 5) is 0. The molecule has 0 aliphatic carbocycles. The van der Waals surface area contributed by atoms with Crippen LogP contribution in [-0.4, -0.2) is 20.8 Å². The summed E-state index contributed by atoms with van der Waals surface area (Å²) in [6, 6.07) is 4.31. The summed E-state index contributed by atoms with van der Waals surface area (Å²) in [7, 11) is -0.701. The molecule has 0 aromatic carbocycles. The van der Waals surface area contributed by atoms with E-state index in [1.165, 1.54) is 0 Å². The molecule has 0 fully saturated rings. The fourth-order valence-electron chi connectivity index (χ4n) is 1.07. The molecular weight excluding hydrogens is 158 g/mol. The number of hydrogen-bond donors (Lipinski definition) is 0. The highest BCUT2D eigenvalue weighted by Crippen LogP contribution is 2.06. The van der Waals surface area contributed by atoms with E-state index in [0.29, 0.717) is 6.04 Å². The fraction of sp³-hybridized carbons (Fsp3) is 0.500. The van der Waals surface area contributed by atoms with Crippen molar-refractivity contribution in [3.05, 3.63) is 24.5 Å². The molecule has 2 nitrogen and oxygen atoms in total. The van der Waals surface area contributed by atoms with E-state index in [4.69, 9.17) is 0 Å². The Morgan fingerprint density at radius 1 is 1.45 bits per heavy atom. The van der Waals surface area contributed by atoms with Gasteiger partial charge in [0, 0.05) is 41.2 Å². The Kier molecular flexibility index (Phi) is 2.88. The third kappa shape index (κ3) is 2.50. The second kappa shape index (κ2) is 3.72. The molecule has 0 amide bonds. The van der Waals surface area contributed by atoms with Crippen LogP contribution in [0.5, 0.6) is 0 Å². The molecular formula is C8H13NOS. The van der Waals surface area contributed by atoms with Crippen LogP contribution >= 0.6 is 0 Å². The van der Waals surface area contributed by atoms with Gasteiger partial charge in [-0.2, -0.15) is 0 Å². The smallest absolute Gasteiger partial charge is 0.0437 e. The first-order valence-electron chi connectivity index (χ1n) is 3.62. The zero-order chi connectivity index (χ0) is 8.27. The third-order valence-corrected chi connectivity index (χ3v) is 2.56. The SMILES string of the molecule is CC(CS(C)=O)n1cccc1. The van der Waals surface area contributed by atoms with E-state index in [1.807, 2.05) is 24.5 Å². The summed E-state index contributed by atoms with van der Waals surface area (Å²) in [6.07, 6.45) is 5.73. The minimum Gasteiger partial charge on any atom is -0.351 e. The molecule has 0 aliphatic heterocycles. The number of nitrogens with zero attached hydrogens (tertiary/aromatic N) is 1. The lowest BCUT2D eigenvalue weighted by molar-refractivity contribution is 0.600. The Bertz CT molecular complexity index is 230. The van der Waals surface area contributed by atoms with Gasteiger partial charge in [0.2, 0.25) is 0 Å². The predicted octanol–water partition coefficient (Wildman–Crippen LogP) is 1.43. The minimum atomic E-state index is -0.701. The molecule has 1 rings (SSSR count). The van der Waals surface area contributed by atoms with Gasteiger partial charge in [-0.3, -0.25) is 4.21 Å². The molecule has 0 aliphatic rings. The third-order valence-electron chi connectivity index (χ3n) is 1.61. The van der Waals surface area contributed by atoms with Gasteiger partial charge >= 0.3 is 0 Å². The molecule has 0 saturated heterocycles. The summed E-state index contributed by atoms with van der Waals surface area (Å²) in [5, 5.41) is 0. The van der Waals surface area contributed by atoms with E-state index in [1.54, 1.807) is 6.26 Å². The van der Waals surface area contributed by atoms with Crippen molar-refractivity contribution in [2.45, 2.75) is 13.0 Å². The van der Waals surface area contributed by atoms with Gasteiger partial charge in [0.25, 0.3) is 0 Å². The first-order valence-corrected chi connectivity index (χ1v) is 5.35. The van der Waals surface area contributed by atoms with Crippen LogP contribution in [0.2, 0.25) is 0 Å². The van der Waals surface area contributed by atoms with Crippen LogP contribution < -0.4 is 0 Å². The molecule has 0 radical (unpaired) electrons. The maximum Gasteiger partial charge on any atom is 0.0437 e. The highest BCUT2D eigenvalue weighted by molar-refractivity contribution is 7.84. The van der Waals surface area contributed by atoms with Gasteiger partial charge in [-0.1, -0.05) is 0 Å². The number of rotatable bonds is 3. The minimum absolute atomic E-state index is 0.343. The van der Waals surface area contributed by atoms with Crippen molar-refractivity contribution in [2.24, 2.45) is 0 Å². The highest BCUT2D eigenvalue weighted by Gasteiger charge is 2.03. The lowest BCUT2D eigenvalue weighted by Crippen LogP contribution is -2.10. The quantitative estimate of drug-likeness (QED) is 0.674. The standard InChI is InChI=1S/C8H13NOS/c1-8(7-11(2)10)9-5-3-4-6-9/h3-6,8H,7H2,1-2H3. The van der Waals surface area contributed by atoms with Crippen molar-refractivity contribution in [2.75, 3.05) is 12.0 Å². The lowest BCUT2D eigenvalue weighted by atomic mass is 10.4. The van der Waals surface area contributed by atoms with E-state index >= 15 is 0 Å². The Labute approximate surface area is 69.7 Å². The average Bonchev–Trinajstić information content (AvgIpc) is 2.35. The van der Waals surface area contributed by atoms with Crippen LogP contribution in [0.15, 0.2) is 24.5 Å². The maximum atomic E-state index is 10.8. The molecule has 1 aromatic heterocycles. The van der Waals surface area contributed by atoms with Gasteiger partial charge in [0.15, 0.2) is 0 Å². The van der Waals surface area contributed by atoms with E-state index in [0.717, 1.165) is 5.75 Å². The second-order valence-electron chi connectivity index (χ2n) is 2.72. The number of hydrogen-bond acceptors (Lipinski definition) is 1. The largest absolute Gasteiger partial charge is 0.351 e. The Hall–Kier alpha value is -0.570. The Morgan fingerprint density at radius 3 is 2.45 bits per heavy atom. The topological polar surface area (TPSA) is 22.0 Å². The molecule has 3 heteroatoms. The van der Waals surface area contributed by atoms with Crippen molar-refractivity contribution in [3.8, 4) is 0 Å². The molecule has 2 atom stereocenters. The fourth-order valence-corrected chi connectivity index (χ4v) is 1.92. The molecule has 2 unspecified atom stereocenters. The van der Waals surface area contributed by atoms with Crippen molar-refractivity contribution in [1.82, 2.24) is 4.57 Å². The normalized spacial score (nSPS) is 16.2. The molecule has 0 N–H and O–H groups in total. The van der Waals surface area contributed by atoms with Crippen molar-refractivity contribution >= 4 is 10.8 Å². The van der Waals surface area contributed by atoms with Crippen LogP contribution in [0.4, 0.5) is 0 Å². The van der Waals surface area contributed by atoms with Gasteiger partial charge in [0.05, 0.1) is 0 Å². The highest BCUT2D eigenvalue weighted by atomic mass is 32.2. The summed E-state index contributed by atoms with van der Waals surface area (Å²) in [5.74, 6) is 0.731. The monoisotopic (exact) mass is 171 g/mol. The van der Waals surface area contributed by atoms with E-state index < -0.39 is 10.8 Å². The molecule has 0 bridgehead atoms. The first-order chi connectivity index (χ1) is 5.20. The van der Waals surface area contributed by atoms with Crippen molar-refractivity contribution < 1.29 is 4.21 Å². The van der Waals surface area contributed by atoms with Crippen LogP contribution in [0.1, 0.15) is 13.0 Å². The molecule has 1 heterocycles. The zero-order valence-electron chi connectivity index (χ0n) is 6.86. The van der Waals surface area contributed by atoms with Crippen LogP contribution in [0, 0.1) is 0 Å². The van der Waals surface area contributed by atoms with Gasteiger partial charge < -0.3 is 4.57 Å². The maximum absolute atomic E-state index is 10.8. The first kappa shape index (κ1) is 8.53. The van der Waals surface area contributed by atoms with Crippen LogP contribution in [0.3, 0.4) is 0 Å². The van der Waals surface area contributed by atoms with Crippen LogP contribution in [0.25, 0.3) is 0 Å². The Balaban J connectivity index is 2.56. The van der Waals surface area contributed by atoms with Gasteiger partial charge in [0.1, 0.15) is 0 Å². The van der Waals surface area contributed by atoms with E-state index in [9.17, 15) is 4.21 Å². The predicted molar refractivity (Wildman–Crippen MR) is 48.1 cm³/mol. The van der Waals surface area contributed by atoms with E-state index in [2.05, 4.69) is 11.5 Å². The average molecular weight is 171 g/mol. The second-order valence-corrected chi connectivity index (χ2v) is 4.20. The number of aromatic nitrogens is 1. The molecule has 0 spiro atoms. The summed E-state index contributed by atoms with van der Waals surface area (Å²) >= 11 is 0. The zero-order valence-corrected chi connectivity index (χ0v) is 7.67. The molecule has 1 aromatic rings.